The van der Waals surface area contributed by atoms with Crippen LogP contribution in [0.15, 0.2) is 65.5 Å². The molecule has 0 spiro atoms. The maximum Gasteiger partial charge on any atom is 0.253 e. The molecule has 0 saturated carbocycles. The summed E-state index contributed by atoms with van der Waals surface area (Å²) >= 11 is 1.65. The lowest BCUT2D eigenvalue weighted by Gasteiger charge is -2.31. The average Bonchev–Trinajstić information content (AvgIpc) is 3.29. The predicted octanol–water partition coefficient (Wildman–Crippen LogP) is 4.46. The molecule has 5 nitrogen and oxygen atoms in total. The van der Waals surface area contributed by atoms with Crippen LogP contribution in [-0.2, 0) is 13.1 Å². The first-order valence-corrected chi connectivity index (χ1v) is 11.3. The number of amides is 1. The van der Waals surface area contributed by atoms with Crippen LogP contribution >= 0.6 is 11.3 Å². The third-order valence-corrected chi connectivity index (χ3v) is 6.13. The van der Waals surface area contributed by atoms with Gasteiger partial charge in [-0.1, -0.05) is 6.07 Å². The van der Waals surface area contributed by atoms with Gasteiger partial charge in [0.05, 0.1) is 5.69 Å². The summed E-state index contributed by atoms with van der Waals surface area (Å²) in [5, 5.41) is 4.10. The molecule has 1 fully saturated rings. The van der Waals surface area contributed by atoms with Crippen molar-refractivity contribution in [3.05, 3.63) is 82.3 Å². The molecule has 1 aliphatic heterocycles. The van der Waals surface area contributed by atoms with Crippen LogP contribution in [0.4, 0.5) is 0 Å². The number of pyridine rings is 1. The third kappa shape index (κ3) is 5.46. The van der Waals surface area contributed by atoms with Crippen LogP contribution in [0.3, 0.4) is 0 Å². The number of hydrogen-bond acceptors (Lipinski definition) is 5. The maximum atomic E-state index is 12.6. The van der Waals surface area contributed by atoms with Crippen molar-refractivity contribution in [1.82, 2.24) is 14.8 Å². The number of aromatic nitrogens is 1. The summed E-state index contributed by atoms with van der Waals surface area (Å²) in [6.45, 7) is 3.53. The number of hydrogen-bond donors (Lipinski definition) is 0. The Labute approximate surface area is 181 Å². The van der Waals surface area contributed by atoms with Crippen molar-refractivity contribution in [2.75, 3.05) is 20.1 Å². The van der Waals surface area contributed by atoms with E-state index in [0.717, 1.165) is 49.5 Å². The minimum absolute atomic E-state index is 0.0237. The molecule has 4 rings (SSSR count). The molecule has 1 saturated heterocycles. The maximum absolute atomic E-state index is 12.6. The summed E-state index contributed by atoms with van der Waals surface area (Å²) in [6.07, 6.45) is 4.06. The predicted molar refractivity (Wildman–Crippen MR) is 120 cm³/mol. The lowest BCUT2D eigenvalue weighted by atomic mass is 10.1. The highest BCUT2D eigenvalue weighted by molar-refractivity contribution is 7.07. The number of carbonyl (C=O) groups is 1. The molecule has 0 radical (unpaired) electrons. The van der Waals surface area contributed by atoms with Gasteiger partial charge in [0.25, 0.3) is 5.91 Å². The van der Waals surface area contributed by atoms with E-state index in [-0.39, 0.29) is 12.0 Å². The van der Waals surface area contributed by atoms with Crippen LogP contribution in [0.2, 0.25) is 0 Å². The summed E-state index contributed by atoms with van der Waals surface area (Å²) in [5.74, 6) is 0.853. The van der Waals surface area contributed by atoms with Crippen molar-refractivity contribution in [3.8, 4) is 5.75 Å². The second-order valence-corrected chi connectivity index (χ2v) is 8.51. The van der Waals surface area contributed by atoms with Gasteiger partial charge in [-0.05, 0) is 71.6 Å². The Hall–Kier alpha value is -2.70. The zero-order chi connectivity index (χ0) is 20.8. The molecule has 0 aliphatic carbocycles. The Morgan fingerprint density at radius 2 is 1.97 bits per heavy atom. The SMILES string of the molecule is CN(Cc1ccsc1)C(=O)c1ccc(OC2CCN(Cc3ccccn3)CC2)cc1. The Balaban J connectivity index is 1.25. The number of piperidine rings is 1. The van der Waals surface area contributed by atoms with E-state index >= 15 is 0 Å². The van der Waals surface area contributed by atoms with Crippen molar-refractivity contribution >= 4 is 17.2 Å². The monoisotopic (exact) mass is 421 g/mol. The molecule has 0 atom stereocenters. The van der Waals surface area contributed by atoms with E-state index in [2.05, 4.69) is 21.3 Å². The smallest absolute Gasteiger partial charge is 0.253 e. The van der Waals surface area contributed by atoms with Crippen molar-refractivity contribution in [2.24, 2.45) is 0 Å². The lowest BCUT2D eigenvalue weighted by molar-refractivity contribution is 0.0785. The van der Waals surface area contributed by atoms with Crippen LogP contribution in [0.25, 0.3) is 0 Å². The van der Waals surface area contributed by atoms with Crippen molar-refractivity contribution in [1.29, 1.82) is 0 Å². The first kappa shape index (κ1) is 20.6. The van der Waals surface area contributed by atoms with Gasteiger partial charge in [-0.25, -0.2) is 0 Å². The Bertz CT molecular complexity index is 921. The fourth-order valence-corrected chi connectivity index (χ4v) is 4.38. The standard InChI is InChI=1S/C24H27N3O2S/c1-26(16-19-11-15-30-18-19)24(28)20-5-7-22(8-6-20)29-23-9-13-27(14-10-23)17-21-4-2-3-12-25-21/h2-8,11-12,15,18,23H,9-10,13-14,16-17H2,1H3. The van der Waals surface area contributed by atoms with Crippen LogP contribution in [-0.4, -0.2) is 46.9 Å². The molecule has 2 aromatic heterocycles. The Morgan fingerprint density at radius 1 is 1.17 bits per heavy atom. The van der Waals surface area contributed by atoms with Gasteiger partial charge < -0.3 is 9.64 Å². The van der Waals surface area contributed by atoms with Crippen molar-refractivity contribution in [2.45, 2.75) is 32.0 Å². The van der Waals surface area contributed by atoms with Crippen LogP contribution in [0.1, 0.15) is 34.5 Å². The van der Waals surface area contributed by atoms with Gasteiger partial charge in [0.15, 0.2) is 0 Å². The van der Waals surface area contributed by atoms with E-state index in [1.807, 2.05) is 61.1 Å². The molecule has 6 heteroatoms. The molecule has 3 heterocycles. The fraction of sp³-hybridized carbons (Fsp3) is 0.333. The highest BCUT2D eigenvalue weighted by Gasteiger charge is 2.21. The molecule has 30 heavy (non-hydrogen) atoms. The topological polar surface area (TPSA) is 45.7 Å². The van der Waals surface area contributed by atoms with Crippen LogP contribution in [0, 0.1) is 0 Å². The third-order valence-electron chi connectivity index (χ3n) is 5.40. The van der Waals surface area contributed by atoms with Crippen LogP contribution in [0.5, 0.6) is 5.75 Å². The van der Waals surface area contributed by atoms with E-state index in [4.69, 9.17) is 4.74 Å². The molecule has 0 bridgehead atoms. The molecule has 1 aromatic carbocycles. The van der Waals surface area contributed by atoms with Crippen molar-refractivity contribution in [3.63, 3.8) is 0 Å². The summed E-state index contributed by atoms with van der Waals surface area (Å²) < 4.78 is 6.17. The summed E-state index contributed by atoms with van der Waals surface area (Å²) in [6, 6.07) is 15.6. The molecule has 1 aliphatic rings. The number of rotatable bonds is 7. The van der Waals surface area contributed by atoms with Gasteiger partial charge in [0.2, 0.25) is 0 Å². The number of likely N-dealkylation sites (tertiary alicyclic amines) is 1. The average molecular weight is 422 g/mol. The van der Waals surface area contributed by atoms with Gasteiger partial charge in [-0.3, -0.25) is 14.7 Å². The fourth-order valence-electron chi connectivity index (χ4n) is 3.72. The highest BCUT2D eigenvalue weighted by atomic mass is 32.1. The molecule has 1 amide bonds. The van der Waals surface area contributed by atoms with E-state index < -0.39 is 0 Å². The lowest BCUT2D eigenvalue weighted by Crippen LogP contribution is -2.37. The normalized spacial score (nSPS) is 15.1. The molecular formula is C24H27N3O2S. The number of benzene rings is 1. The Morgan fingerprint density at radius 3 is 2.63 bits per heavy atom. The first-order valence-electron chi connectivity index (χ1n) is 10.3. The molecule has 0 N–H and O–H groups in total. The van der Waals surface area contributed by atoms with Gasteiger partial charge in [-0.2, -0.15) is 11.3 Å². The van der Waals surface area contributed by atoms with Crippen LogP contribution < -0.4 is 4.74 Å². The summed E-state index contributed by atoms with van der Waals surface area (Å²) in [7, 11) is 1.84. The molecule has 0 unspecified atom stereocenters. The number of thiophene rings is 1. The largest absolute Gasteiger partial charge is 0.490 e. The van der Waals surface area contributed by atoms with E-state index in [9.17, 15) is 4.79 Å². The van der Waals surface area contributed by atoms with E-state index in [1.165, 1.54) is 0 Å². The number of ether oxygens (including phenoxy) is 1. The van der Waals surface area contributed by atoms with Gasteiger partial charge in [0.1, 0.15) is 11.9 Å². The summed E-state index contributed by atoms with van der Waals surface area (Å²) in [4.78, 5) is 21.2. The second-order valence-electron chi connectivity index (χ2n) is 7.73. The van der Waals surface area contributed by atoms with E-state index in [1.54, 1.807) is 16.2 Å². The minimum atomic E-state index is 0.0237. The molecular weight excluding hydrogens is 394 g/mol. The van der Waals surface area contributed by atoms with E-state index in [0.29, 0.717) is 12.1 Å². The van der Waals surface area contributed by atoms with Crippen molar-refractivity contribution < 1.29 is 9.53 Å². The zero-order valence-corrected chi connectivity index (χ0v) is 18.1. The zero-order valence-electron chi connectivity index (χ0n) is 17.2. The Kier molecular flexibility index (Phi) is 6.77. The highest BCUT2D eigenvalue weighted by Crippen LogP contribution is 2.21. The quantitative estimate of drug-likeness (QED) is 0.565. The minimum Gasteiger partial charge on any atom is -0.490 e. The first-order chi connectivity index (χ1) is 14.7. The number of carbonyl (C=O) groups excluding carboxylic acids is 1. The molecule has 3 aromatic rings. The van der Waals surface area contributed by atoms with Gasteiger partial charge in [-0.15, -0.1) is 0 Å². The summed E-state index contributed by atoms with van der Waals surface area (Å²) in [5.41, 5.74) is 2.96. The van der Waals surface area contributed by atoms with Gasteiger partial charge >= 0.3 is 0 Å². The van der Waals surface area contributed by atoms with Gasteiger partial charge in [0, 0.05) is 45.0 Å². The molecule has 156 valence electrons. The number of nitrogens with zero attached hydrogens (tertiary/aromatic N) is 3. The second kappa shape index (κ2) is 9.87.